The van der Waals surface area contributed by atoms with E-state index in [0.717, 1.165) is 24.0 Å². The first-order valence-corrected chi connectivity index (χ1v) is 9.71. The van der Waals surface area contributed by atoms with Crippen LogP contribution in [0.1, 0.15) is 33.6 Å². The van der Waals surface area contributed by atoms with Gasteiger partial charge in [0.15, 0.2) is 0 Å². The monoisotopic (exact) mass is 386 g/mol. The number of hydrogen-bond acceptors (Lipinski definition) is 4. The zero-order valence-corrected chi connectivity index (χ0v) is 16.0. The second-order valence-electron chi connectivity index (χ2n) is 7.11. The Kier molecular flexibility index (Phi) is 5.61. The molecule has 0 bridgehead atoms. The van der Waals surface area contributed by atoms with E-state index in [1.54, 1.807) is 24.5 Å². The normalized spacial score (nSPS) is 14.4. The minimum Gasteiger partial charge on any atom is -0.349 e. The Bertz CT molecular complexity index is 967. The number of aromatic nitrogens is 2. The first-order chi connectivity index (χ1) is 14.2. The van der Waals surface area contributed by atoms with Gasteiger partial charge in [0.1, 0.15) is 6.33 Å². The average molecular weight is 386 g/mol. The van der Waals surface area contributed by atoms with Crippen molar-refractivity contribution in [3.8, 4) is 11.1 Å². The third kappa shape index (κ3) is 4.48. The molecule has 1 aromatic heterocycles. The zero-order valence-electron chi connectivity index (χ0n) is 16.0. The predicted molar refractivity (Wildman–Crippen MR) is 110 cm³/mol. The highest BCUT2D eigenvalue weighted by atomic mass is 16.2. The molecule has 1 N–H and O–H groups in total. The van der Waals surface area contributed by atoms with Crippen LogP contribution in [0.2, 0.25) is 0 Å². The van der Waals surface area contributed by atoms with Gasteiger partial charge in [-0.05, 0) is 42.7 Å². The number of hydrogen-bond donors (Lipinski definition) is 1. The molecule has 1 fully saturated rings. The Morgan fingerprint density at radius 2 is 1.48 bits per heavy atom. The smallest absolute Gasteiger partial charge is 0.253 e. The Balaban J connectivity index is 1.32. The summed E-state index contributed by atoms with van der Waals surface area (Å²) in [6, 6.07) is 16.8. The molecule has 2 heterocycles. The maximum atomic E-state index is 12.8. The molecular weight excluding hydrogens is 364 g/mol. The van der Waals surface area contributed by atoms with Crippen LogP contribution >= 0.6 is 0 Å². The van der Waals surface area contributed by atoms with E-state index in [2.05, 4.69) is 15.3 Å². The van der Waals surface area contributed by atoms with Crippen molar-refractivity contribution in [2.75, 3.05) is 13.1 Å². The topological polar surface area (TPSA) is 75.2 Å². The molecule has 0 radical (unpaired) electrons. The molecule has 2 aromatic carbocycles. The molecule has 4 rings (SSSR count). The second kappa shape index (κ2) is 8.65. The summed E-state index contributed by atoms with van der Waals surface area (Å²) in [5.41, 5.74) is 3.22. The van der Waals surface area contributed by atoms with E-state index in [4.69, 9.17) is 0 Å². The lowest BCUT2D eigenvalue weighted by Crippen LogP contribution is -2.46. The first kappa shape index (κ1) is 18.8. The lowest BCUT2D eigenvalue weighted by Gasteiger charge is -2.32. The minimum absolute atomic E-state index is 0.0219. The average Bonchev–Trinajstić information content (AvgIpc) is 2.80. The van der Waals surface area contributed by atoms with Crippen LogP contribution < -0.4 is 5.32 Å². The van der Waals surface area contributed by atoms with Crippen molar-refractivity contribution in [3.05, 3.63) is 84.4 Å². The third-order valence-corrected chi connectivity index (χ3v) is 5.18. The third-order valence-electron chi connectivity index (χ3n) is 5.18. The standard InChI is InChI=1S/C23H22N4O2/c28-22(18-4-2-1-3-5-18)26-21-10-12-27(13-11-21)23(29)19-8-6-17(7-9-19)20-14-24-16-25-15-20/h1-9,14-16,21H,10-13H2,(H,26,28). The van der Waals surface area contributed by atoms with E-state index in [-0.39, 0.29) is 17.9 Å². The van der Waals surface area contributed by atoms with Gasteiger partial charge in [-0.15, -0.1) is 0 Å². The van der Waals surface area contributed by atoms with Crippen molar-refractivity contribution >= 4 is 11.8 Å². The van der Waals surface area contributed by atoms with Crippen LogP contribution in [0.25, 0.3) is 11.1 Å². The zero-order chi connectivity index (χ0) is 20.1. The molecule has 1 saturated heterocycles. The molecule has 0 unspecified atom stereocenters. The molecule has 1 aliphatic rings. The molecule has 6 heteroatoms. The molecular formula is C23H22N4O2. The molecule has 0 spiro atoms. The van der Waals surface area contributed by atoms with Crippen molar-refractivity contribution in [1.29, 1.82) is 0 Å². The molecule has 146 valence electrons. The Hall–Kier alpha value is -3.54. The van der Waals surface area contributed by atoms with Gasteiger partial charge in [-0.1, -0.05) is 30.3 Å². The predicted octanol–water partition coefficient (Wildman–Crippen LogP) is 3.18. The number of likely N-dealkylation sites (tertiary alicyclic amines) is 1. The molecule has 0 atom stereocenters. The highest BCUT2D eigenvalue weighted by Gasteiger charge is 2.24. The summed E-state index contributed by atoms with van der Waals surface area (Å²) < 4.78 is 0. The van der Waals surface area contributed by atoms with Crippen molar-refractivity contribution in [2.45, 2.75) is 18.9 Å². The van der Waals surface area contributed by atoms with Crippen molar-refractivity contribution in [2.24, 2.45) is 0 Å². The Morgan fingerprint density at radius 1 is 0.828 bits per heavy atom. The van der Waals surface area contributed by atoms with E-state index < -0.39 is 0 Å². The summed E-state index contributed by atoms with van der Waals surface area (Å²) in [4.78, 5) is 35.0. The number of carbonyl (C=O) groups is 2. The largest absolute Gasteiger partial charge is 0.349 e. The summed E-state index contributed by atoms with van der Waals surface area (Å²) in [6.07, 6.45) is 6.50. The lowest BCUT2D eigenvalue weighted by molar-refractivity contribution is 0.0698. The van der Waals surface area contributed by atoms with Crippen LogP contribution in [0.15, 0.2) is 73.3 Å². The van der Waals surface area contributed by atoms with Crippen LogP contribution in [-0.2, 0) is 0 Å². The lowest BCUT2D eigenvalue weighted by atomic mass is 10.0. The highest BCUT2D eigenvalue weighted by molar-refractivity contribution is 5.95. The summed E-state index contributed by atoms with van der Waals surface area (Å²) in [6.45, 7) is 1.26. The van der Waals surface area contributed by atoms with Gasteiger partial charge >= 0.3 is 0 Å². The quantitative estimate of drug-likeness (QED) is 0.747. The van der Waals surface area contributed by atoms with Crippen molar-refractivity contribution in [3.63, 3.8) is 0 Å². The van der Waals surface area contributed by atoms with Gasteiger partial charge in [-0.2, -0.15) is 0 Å². The van der Waals surface area contributed by atoms with E-state index >= 15 is 0 Å². The highest BCUT2D eigenvalue weighted by Crippen LogP contribution is 2.20. The molecule has 29 heavy (non-hydrogen) atoms. The summed E-state index contributed by atoms with van der Waals surface area (Å²) in [7, 11) is 0. The fraction of sp³-hybridized carbons (Fsp3) is 0.217. The fourth-order valence-corrected chi connectivity index (χ4v) is 3.52. The summed E-state index contributed by atoms with van der Waals surface area (Å²) >= 11 is 0. The van der Waals surface area contributed by atoms with Crippen LogP contribution in [0, 0.1) is 0 Å². The number of benzene rings is 2. The van der Waals surface area contributed by atoms with E-state index in [1.165, 1.54) is 6.33 Å². The molecule has 3 aromatic rings. The van der Waals surface area contributed by atoms with Gasteiger partial charge in [-0.3, -0.25) is 9.59 Å². The van der Waals surface area contributed by atoms with Crippen molar-refractivity contribution < 1.29 is 9.59 Å². The van der Waals surface area contributed by atoms with Gasteiger partial charge in [0.25, 0.3) is 11.8 Å². The molecule has 6 nitrogen and oxygen atoms in total. The van der Waals surface area contributed by atoms with Gasteiger partial charge in [-0.25, -0.2) is 9.97 Å². The van der Waals surface area contributed by atoms with Crippen LogP contribution in [0.4, 0.5) is 0 Å². The molecule has 2 amide bonds. The van der Waals surface area contributed by atoms with E-state index in [1.807, 2.05) is 47.4 Å². The van der Waals surface area contributed by atoms with E-state index in [9.17, 15) is 9.59 Å². The van der Waals surface area contributed by atoms with Gasteiger partial charge in [0.2, 0.25) is 0 Å². The molecule has 1 aliphatic heterocycles. The second-order valence-corrected chi connectivity index (χ2v) is 7.11. The van der Waals surface area contributed by atoms with Gasteiger partial charge in [0.05, 0.1) is 0 Å². The Morgan fingerprint density at radius 3 is 2.14 bits per heavy atom. The van der Waals surface area contributed by atoms with Gasteiger partial charge < -0.3 is 10.2 Å². The van der Waals surface area contributed by atoms with Crippen LogP contribution in [0.3, 0.4) is 0 Å². The summed E-state index contributed by atoms with van der Waals surface area (Å²) in [5, 5.41) is 3.07. The minimum atomic E-state index is -0.0594. The maximum Gasteiger partial charge on any atom is 0.253 e. The van der Waals surface area contributed by atoms with Gasteiger partial charge in [0, 0.05) is 48.2 Å². The number of amides is 2. The van der Waals surface area contributed by atoms with Crippen LogP contribution in [0.5, 0.6) is 0 Å². The number of piperidine rings is 1. The number of nitrogens with one attached hydrogen (secondary N) is 1. The molecule has 0 saturated carbocycles. The molecule has 0 aliphatic carbocycles. The number of rotatable bonds is 4. The van der Waals surface area contributed by atoms with E-state index in [0.29, 0.717) is 24.2 Å². The maximum absolute atomic E-state index is 12.8. The fourth-order valence-electron chi connectivity index (χ4n) is 3.52. The van der Waals surface area contributed by atoms with Crippen LogP contribution in [-0.4, -0.2) is 45.8 Å². The number of carbonyl (C=O) groups excluding carboxylic acids is 2. The SMILES string of the molecule is O=C(NC1CCN(C(=O)c2ccc(-c3cncnc3)cc2)CC1)c1ccccc1. The number of nitrogens with zero attached hydrogens (tertiary/aromatic N) is 3. The summed E-state index contributed by atoms with van der Waals surface area (Å²) in [5.74, 6) is -0.0374. The first-order valence-electron chi connectivity index (χ1n) is 9.71. The van der Waals surface area contributed by atoms with Crippen molar-refractivity contribution in [1.82, 2.24) is 20.2 Å². The Labute approximate surface area is 169 Å².